The third-order valence-corrected chi connectivity index (χ3v) is 7.11. The molecular weight excluding hydrogens is 416 g/mol. The van der Waals surface area contributed by atoms with Gasteiger partial charge in [-0.1, -0.05) is 0 Å². The first-order valence-corrected chi connectivity index (χ1v) is 12.0. The molecule has 1 aromatic rings. The van der Waals surface area contributed by atoms with Gasteiger partial charge in [0.15, 0.2) is 17.2 Å². The van der Waals surface area contributed by atoms with Crippen LogP contribution in [0, 0.1) is 11.6 Å². The highest BCUT2D eigenvalue weighted by Gasteiger charge is 2.64. The Labute approximate surface area is 163 Å². The Kier molecular flexibility index (Phi) is 4.62. The summed E-state index contributed by atoms with van der Waals surface area (Å²) in [5.41, 5.74) is -1.21. The number of anilines is 2. The average Bonchev–Trinajstić information content (AvgIpc) is 3.09. The van der Waals surface area contributed by atoms with Gasteiger partial charge in [0.05, 0.1) is 24.5 Å². The second-order valence-corrected chi connectivity index (χ2v) is 10.7. The van der Waals surface area contributed by atoms with Gasteiger partial charge in [-0.05, 0) is 0 Å². The summed E-state index contributed by atoms with van der Waals surface area (Å²) in [6.07, 6.45) is 0.529. The number of amides is 1. The van der Waals surface area contributed by atoms with Gasteiger partial charge in [0.25, 0.3) is 0 Å². The lowest BCUT2D eigenvalue weighted by Gasteiger charge is -2.29. The highest BCUT2D eigenvalue weighted by molar-refractivity contribution is 7.88. The number of nitrogens with one attached hydrogen (secondary N) is 1. The minimum Gasteiger partial charge on any atom is -0.439 e. The number of carbonyl (C=O) groups excluding carboxylic acids is 1. The van der Waals surface area contributed by atoms with E-state index in [4.69, 9.17) is 4.74 Å². The summed E-state index contributed by atoms with van der Waals surface area (Å²) in [7, 11) is -4.44. The van der Waals surface area contributed by atoms with E-state index in [1.54, 1.807) is 0 Å². The molecule has 12 heteroatoms. The zero-order valence-electron chi connectivity index (χ0n) is 15.0. The highest BCUT2D eigenvalue weighted by atomic mass is 32.2. The Morgan fingerprint density at radius 3 is 2.43 bits per heavy atom. The van der Waals surface area contributed by atoms with Gasteiger partial charge in [0.1, 0.15) is 5.69 Å². The maximum Gasteiger partial charge on any atom is 0.415 e. The summed E-state index contributed by atoms with van der Waals surface area (Å²) < 4.78 is 71.2. The maximum atomic E-state index is 14.7. The van der Waals surface area contributed by atoms with Crippen LogP contribution in [0.1, 0.15) is 6.42 Å². The second-order valence-electron chi connectivity index (χ2n) is 7.26. The number of nitrogens with zero attached hydrogens (tertiary/aromatic N) is 2. The largest absolute Gasteiger partial charge is 0.439 e. The topological polar surface area (TPSA) is 96.0 Å². The minimum absolute atomic E-state index is 0.0000568. The summed E-state index contributed by atoms with van der Waals surface area (Å²) in [6.45, 7) is 0.570. The predicted octanol–water partition coefficient (Wildman–Crippen LogP) is 0.550. The van der Waals surface area contributed by atoms with Crippen molar-refractivity contribution in [3.8, 4) is 0 Å². The van der Waals surface area contributed by atoms with E-state index >= 15 is 0 Å². The third-order valence-electron chi connectivity index (χ3n) is 5.12. The summed E-state index contributed by atoms with van der Waals surface area (Å²) in [6, 6.07) is 1.57. The first-order chi connectivity index (χ1) is 13.1. The Hall–Kier alpha value is -1.79. The molecule has 0 radical (unpaired) electrons. The molecule has 2 aliphatic heterocycles. The van der Waals surface area contributed by atoms with Crippen LogP contribution < -0.4 is 14.5 Å². The van der Waals surface area contributed by atoms with E-state index in [1.165, 1.54) is 4.90 Å². The van der Waals surface area contributed by atoms with Crippen molar-refractivity contribution in [1.82, 2.24) is 4.72 Å². The van der Waals surface area contributed by atoms with Gasteiger partial charge in [0, 0.05) is 53.9 Å². The molecule has 1 N–H and O–H groups in total. The molecular formula is C16H19F2N3O5S2. The van der Waals surface area contributed by atoms with Crippen LogP contribution in [0.25, 0.3) is 0 Å². The molecule has 1 spiro atoms. The fourth-order valence-electron chi connectivity index (χ4n) is 3.64. The van der Waals surface area contributed by atoms with Gasteiger partial charge in [-0.25, -0.2) is 26.7 Å². The van der Waals surface area contributed by atoms with E-state index in [0.717, 1.165) is 23.3 Å². The Morgan fingerprint density at radius 1 is 1.25 bits per heavy atom. The van der Waals surface area contributed by atoms with Gasteiger partial charge >= 0.3 is 6.09 Å². The lowest BCUT2D eigenvalue weighted by atomic mass is 10.2. The molecule has 1 amide bonds. The molecule has 4 rings (SSSR count). The fraction of sp³-hybridized carbons (Fsp3) is 0.562. The van der Waals surface area contributed by atoms with E-state index < -0.39 is 50.2 Å². The molecule has 2 saturated heterocycles. The number of benzene rings is 1. The van der Waals surface area contributed by atoms with Crippen molar-refractivity contribution in [2.24, 2.45) is 0 Å². The van der Waals surface area contributed by atoms with E-state index in [2.05, 4.69) is 4.72 Å². The zero-order chi connectivity index (χ0) is 20.3. The molecule has 2 atom stereocenters. The van der Waals surface area contributed by atoms with Crippen LogP contribution >= 0.6 is 0 Å². The molecule has 1 saturated carbocycles. The fourth-order valence-corrected chi connectivity index (χ4v) is 5.51. The van der Waals surface area contributed by atoms with Crippen LogP contribution in [0.4, 0.5) is 25.0 Å². The predicted molar refractivity (Wildman–Crippen MR) is 99.4 cm³/mol. The number of halogens is 2. The number of ether oxygens (including phenoxy) is 1. The smallest absolute Gasteiger partial charge is 0.415 e. The molecule has 0 unspecified atom stereocenters. The van der Waals surface area contributed by atoms with Crippen LogP contribution in [0.5, 0.6) is 0 Å². The lowest BCUT2D eigenvalue weighted by Crippen LogP contribution is -2.39. The monoisotopic (exact) mass is 435 g/mol. The minimum atomic E-state index is -3.47. The maximum absolute atomic E-state index is 14.7. The third kappa shape index (κ3) is 3.60. The summed E-state index contributed by atoms with van der Waals surface area (Å²) in [5, 5.41) is 0. The lowest BCUT2D eigenvalue weighted by molar-refractivity contribution is 0.124. The molecule has 0 bridgehead atoms. The Bertz CT molecular complexity index is 940. The van der Waals surface area contributed by atoms with Gasteiger partial charge in [-0.2, -0.15) is 0 Å². The standard InChI is InChI=1S/C16H19F2N3O5S2/c1-28(24,25)19-13-8-16(13)9-21(15(22)26-16)10-6-11(17)14(12(18)7-10)20-2-4-27(23)5-3-20/h6-7,13,19H,2-5,8-9H2,1H3/t13-,16-/m0/s1. The van der Waals surface area contributed by atoms with Crippen molar-refractivity contribution in [2.75, 3.05) is 47.2 Å². The molecule has 1 aromatic carbocycles. The van der Waals surface area contributed by atoms with Crippen LogP contribution in [0.15, 0.2) is 12.1 Å². The number of sulfonamides is 1. The van der Waals surface area contributed by atoms with E-state index in [1.807, 2.05) is 0 Å². The Morgan fingerprint density at radius 2 is 1.86 bits per heavy atom. The molecule has 0 aromatic heterocycles. The number of carbonyl (C=O) groups is 1. The van der Waals surface area contributed by atoms with Crippen LogP contribution in [0.3, 0.4) is 0 Å². The van der Waals surface area contributed by atoms with E-state index in [-0.39, 0.29) is 31.0 Å². The molecule has 3 fully saturated rings. The van der Waals surface area contributed by atoms with E-state index in [0.29, 0.717) is 17.9 Å². The number of hydrogen-bond acceptors (Lipinski definition) is 6. The van der Waals surface area contributed by atoms with E-state index in [9.17, 15) is 26.2 Å². The molecule has 28 heavy (non-hydrogen) atoms. The summed E-state index contributed by atoms with van der Waals surface area (Å²) in [4.78, 5) is 14.8. The number of rotatable bonds is 4. The van der Waals surface area contributed by atoms with Crippen LogP contribution in [-0.2, 0) is 25.6 Å². The number of hydrogen-bond donors (Lipinski definition) is 1. The van der Waals surface area contributed by atoms with Crippen molar-refractivity contribution in [3.05, 3.63) is 23.8 Å². The SMILES string of the molecule is CS(=O)(=O)N[C@H]1C[C@]12CN(c1cc(F)c(N3CCS(=O)CC3)c(F)c1)C(=O)O2. The first kappa shape index (κ1) is 19.5. The average molecular weight is 435 g/mol. The van der Waals surface area contributed by atoms with Gasteiger partial charge in [0.2, 0.25) is 10.0 Å². The molecule has 8 nitrogen and oxygen atoms in total. The first-order valence-electron chi connectivity index (χ1n) is 8.65. The highest BCUT2D eigenvalue weighted by Crippen LogP contribution is 2.47. The van der Waals surface area contributed by atoms with Crippen molar-refractivity contribution in [1.29, 1.82) is 0 Å². The molecule has 154 valence electrons. The molecule has 3 aliphatic rings. The summed E-state index contributed by atoms with van der Waals surface area (Å²) >= 11 is 0. The molecule has 1 aliphatic carbocycles. The van der Waals surface area contributed by atoms with Gasteiger partial charge in [-0.3, -0.25) is 9.11 Å². The quantitative estimate of drug-likeness (QED) is 0.742. The van der Waals surface area contributed by atoms with Gasteiger partial charge < -0.3 is 9.64 Å². The summed E-state index contributed by atoms with van der Waals surface area (Å²) in [5.74, 6) is -0.955. The normalized spacial score (nSPS) is 28.1. The second kappa shape index (κ2) is 6.63. The van der Waals surface area contributed by atoms with Crippen molar-refractivity contribution >= 4 is 38.3 Å². The zero-order valence-corrected chi connectivity index (χ0v) is 16.6. The van der Waals surface area contributed by atoms with Gasteiger partial charge in [-0.15, -0.1) is 0 Å². The Balaban J connectivity index is 1.54. The molecule has 2 heterocycles. The van der Waals surface area contributed by atoms with Crippen molar-refractivity contribution in [3.63, 3.8) is 0 Å². The van der Waals surface area contributed by atoms with Crippen molar-refractivity contribution in [2.45, 2.75) is 18.1 Å². The van der Waals surface area contributed by atoms with Crippen LogP contribution in [0.2, 0.25) is 0 Å². The van der Waals surface area contributed by atoms with Crippen LogP contribution in [-0.4, -0.2) is 67.8 Å². The van der Waals surface area contributed by atoms with Crippen molar-refractivity contribution < 1.29 is 30.9 Å².